The van der Waals surface area contributed by atoms with Gasteiger partial charge in [-0.3, -0.25) is 0 Å². The van der Waals surface area contributed by atoms with E-state index in [1.165, 1.54) is 13.2 Å². The van der Waals surface area contributed by atoms with Crippen LogP contribution in [0, 0.1) is 13.8 Å². The van der Waals surface area contributed by atoms with Gasteiger partial charge in [0.1, 0.15) is 17.3 Å². The normalized spacial score (nSPS) is 10.8. The molecule has 4 rings (SSSR count). The van der Waals surface area contributed by atoms with Crippen LogP contribution in [0.25, 0.3) is 17.0 Å². The van der Waals surface area contributed by atoms with E-state index in [2.05, 4.69) is 5.32 Å². The van der Waals surface area contributed by atoms with Gasteiger partial charge in [0, 0.05) is 0 Å². The van der Waals surface area contributed by atoms with E-state index in [0.717, 1.165) is 22.5 Å². The molecule has 0 saturated carbocycles. The van der Waals surface area contributed by atoms with E-state index in [4.69, 9.17) is 14.3 Å². The summed E-state index contributed by atoms with van der Waals surface area (Å²) in [5, 5.41) is 17.7. The summed E-state index contributed by atoms with van der Waals surface area (Å²) in [6, 6.07) is 16.4. The number of methoxy groups -OCH3 is 1. The predicted molar refractivity (Wildman–Crippen MR) is 114 cm³/mol. The SMILES string of the molecule is COc1ccc(Nc2c(-c3ccco3)c(C)nn2-c2ccccc2C)c(C(=O)O)c1. The van der Waals surface area contributed by atoms with Crippen molar-refractivity contribution in [1.82, 2.24) is 9.78 Å². The molecule has 2 heterocycles. The molecule has 30 heavy (non-hydrogen) atoms. The highest BCUT2D eigenvalue weighted by Crippen LogP contribution is 2.37. The maximum absolute atomic E-state index is 11.9. The van der Waals surface area contributed by atoms with Gasteiger partial charge in [-0.2, -0.15) is 5.10 Å². The number of aryl methyl sites for hydroxylation is 2. The summed E-state index contributed by atoms with van der Waals surface area (Å²) in [5.74, 6) is 0.659. The van der Waals surface area contributed by atoms with E-state index in [-0.39, 0.29) is 5.56 Å². The molecule has 0 aliphatic rings. The van der Waals surface area contributed by atoms with Crippen LogP contribution in [0.1, 0.15) is 21.6 Å². The van der Waals surface area contributed by atoms with Crippen LogP contribution in [0.3, 0.4) is 0 Å². The lowest BCUT2D eigenvalue weighted by Gasteiger charge is -2.15. The number of ether oxygens (including phenoxy) is 1. The standard InChI is InChI=1S/C23H21N3O4/c1-14-7-4-5-8-19(14)26-22(21(15(2)25-26)20-9-6-12-30-20)24-18-11-10-16(29-3)13-17(18)23(27)28/h4-13,24H,1-3H3,(H,27,28). The minimum Gasteiger partial charge on any atom is -0.497 e. The Kier molecular flexibility index (Phi) is 5.02. The minimum atomic E-state index is -1.06. The first-order valence-corrected chi connectivity index (χ1v) is 9.37. The third-order valence-electron chi connectivity index (χ3n) is 4.88. The van der Waals surface area contributed by atoms with Crippen LogP contribution in [0.4, 0.5) is 11.5 Å². The number of carboxylic acid groups (broad SMARTS) is 1. The van der Waals surface area contributed by atoms with Crippen LogP contribution in [0.5, 0.6) is 5.75 Å². The Bertz CT molecular complexity index is 1210. The number of nitrogens with one attached hydrogen (secondary N) is 1. The molecule has 0 amide bonds. The van der Waals surface area contributed by atoms with E-state index in [1.807, 2.05) is 44.2 Å². The number of para-hydroxylation sites is 1. The van der Waals surface area contributed by atoms with Gasteiger partial charge in [0.2, 0.25) is 0 Å². The molecular weight excluding hydrogens is 382 g/mol. The van der Waals surface area contributed by atoms with Gasteiger partial charge in [-0.25, -0.2) is 9.48 Å². The Balaban J connectivity index is 1.93. The van der Waals surface area contributed by atoms with Crippen LogP contribution < -0.4 is 10.1 Å². The minimum absolute atomic E-state index is 0.0925. The predicted octanol–water partition coefficient (Wildman–Crippen LogP) is 5.20. The fraction of sp³-hybridized carbons (Fsp3) is 0.130. The Morgan fingerprint density at radius 3 is 2.60 bits per heavy atom. The highest BCUT2D eigenvalue weighted by molar-refractivity contribution is 5.96. The molecule has 2 aromatic heterocycles. The lowest BCUT2D eigenvalue weighted by molar-refractivity contribution is 0.0697. The Hall–Kier alpha value is -4.00. The maximum atomic E-state index is 11.9. The van der Waals surface area contributed by atoms with Gasteiger partial charge in [0.25, 0.3) is 0 Å². The summed E-state index contributed by atoms with van der Waals surface area (Å²) in [5.41, 5.74) is 3.94. The fourth-order valence-corrected chi connectivity index (χ4v) is 3.40. The number of carboxylic acids is 1. The average Bonchev–Trinajstić information content (AvgIpc) is 3.36. The molecule has 0 aliphatic carbocycles. The van der Waals surface area contributed by atoms with Crippen molar-refractivity contribution in [2.75, 3.05) is 12.4 Å². The average molecular weight is 403 g/mol. The molecule has 2 N–H and O–H groups in total. The van der Waals surface area contributed by atoms with E-state index in [1.54, 1.807) is 29.1 Å². The van der Waals surface area contributed by atoms with Gasteiger partial charge in [-0.05, 0) is 55.8 Å². The first-order valence-electron chi connectivity index (χ1n) is 9.37. The molecule has 0 unspecified atom stereocenters. The van der Waals surface area contributed by atoms with Crippen LogP contribution in [-0.2, 0) is 0 Å². The summed E-state index contributed by atoms with van der Waals surface area (Å²) in [4.78, 5) is 11.9. The number of aromatic nitrogens is 2. The quantitative estimate of drug-likeness (QED) is 0.460. The van der Waals surface area contributed by atoms with Gasteiger partial charge in [-0.15, -0.1) is 0 Å². The molecule has 0 spiro atoms. The molecule has 2 aromatic carbocycles. The Labute approximate surface area is 173 Å². The second-order valence-corrected chi connectivity index (χ2v) is 6.83. The van der Waals surface area contributed by atoms with Crippen molar-refractivity contribution < 1.29 is 19.1 Å². The van der Waals surface area contributed by atoms with Gasteiger partial charge in [0.15, 0.2) is 0 Å². The molecule has 7 nitrogen and oxygen atoms in total. The van der Waals surface area contributed by atoms with Crippen molar-refractivity contribution in [1.29, 1.82) is 0 Å². The van der Waals surface area contributed by atoms with E-state index in [9.17, 15) is 9.90 Å². The second kappa shape index (κ2) is 7.79. The Morgan fingerprint density at radius 1 is 1.13 bits per heavy atom. The highest BCUT2D eigenvalue weighted by Gasteiger charge is 2.23. The summed E-state index contributed by atoms with van der Waals surface area (Å²) in [7, 11) is 1.50. The molecule has 152 valence electrons. The van der Waals surface area contributed by atoms with Crippen molar-refractivity contribution in [2.45, 2.75) is 13.8 Å². The van der Waals surface area contributed by atoms with Gasteiger partial charge in [0.05, 0.1) is 41.6 Å². The zero-order valence-corrected chi connectivity index (χ0v) is 16.8. The monoisotopic (exact) mass is 403 g/mol. The van der Waals surface area contributed by atoms with Crippen molar-refractivity contribution in [2.24, 2.45) is 0 Å². The number of furan rings is 1. The molecule has 4 aromatic rings. The molecule has 0 atom stereocenters. The van der Waals surface area contributed by atoms with Crippen LogP contribution in [-0.4, -0.2) is 28.0 Å². The molecule has 0 fully saturated rings. The van der Waals surface area contributed by atoms with Crippen molar-refractivity contribution in [3.63, 3.8) is 0 Å². The molecule has 0 bridgehead atoms. The van der Waals surface area contributed by atoms with Crippen molar-refractivity contribution in [3.8, 4) is 22.8 Å². The lowest BCUT2D eigenvalue weighted by atomic mass is 10.1. The molecule has 7 heteroatoms. The van der Waals surface area contributed by atoms with E-state index >= 15 is 0 Å². The number of aromatic carboxylic acids is 1. The Morgan fingerprint density at radius 2 is 1.93 bits per heavy atom. The second-order valence-electron chi connectivity index (χ2n) is 6.83. The molecule has 0 radical (unpaired) electrons. The largest absolute Gasteiger partial charge is 0.497 e. The third kappa shape index (κ3) is 3.41. The van der Waals surface area contributed by atoms with E-state index in [0.29, 0.717) is 23.0 Å². The highest BCUT2D eigenvalue weighted by atomic mass is 16.5. The number of hydrogen-bond donors (Lipinski definition) is 2. The molecule has 0 aliphatic heterocycles. The fourth-order valence-electron chi connectivity index (χ4n) is 3.40. The first-order chi connectivity index (χ1) is 14.5. The number of benzene rings is 2. The summed E-state index contributed by atoms with van der Waals surface area (Å²) in [6.07, 6.45) is 1.60. The maximum Gasteiger partial charge on any atom is 0.337 e. The van der Waals surface area contributed by atoms with Crippen molar-refractivity contribution >= 4 is 17.5 Å². The van der Waals surface area contributed by atoms with Gasteiger partial charge >= 0.3 is 5.97 Å². The summed E-state index contributed by atoms with van der Waals surface area (Å²) in [6.45, 7) is 3.89. The number of hydrogen-bond acceptors (Lipinski definition) is 5. The van der Waals surface area contributed by atoms with Crippen LogP contribution in [0.2, 0.25) is 0 Å². The van der Waals surface area contributed by atoms with Crippen molar-refractivity contribution in [3.05, 3.63) is 77.7 Å². The number of anilines is 2. The molecular formula is C23H21N3O4. The zero-order chi connectivity index (χ0) is 21.3. The van der Waals surface area contributed by atoms with Gasteiger partial charge < -0.3 is 19.6 Å². The van der Waals surface area contributed by atoms with Crippen LogP contribution >= 0.6 is 0 Å². The third-order valence-corrected chi connectivity index (χ3v) is 4.88. The smallest absolute Gasteiger partial charge is 0.337 e. The topological polar surface area (TPSA) is 89.5 Å². The zero-order valence-electron chi connectivity index (χ0n) is 16.8. The molecule has 0 saturated heterocycles. The summed E-state index contributed by atoms with van der Waals surface area (Å²) < 4.78 is 12.6. The number of nitrogens with zero attached hydrogens (tertiary/aromatic N) is 2. The van der Waals surface area contributed by atoms with E-state index < -0.39 is 5.97 Å². The number of carbonyl (C=O) groups is 1. The summed E-state index contributed by atoms with van der Waals surface area (Å²) >= 11 is 0. The lowest BCUT2D eigenvalue weighted by Crippen LogP contribution is -2.08. The first kappa shape index (κ1) is 19.3. The number of rotatable bonds is 6. The van der Waals surface area contributed by atoms with Gasteiger partial charge in [-0.1, -0.05) is 18.2 Å². The van der Waals surface area contributed by atoms with Crippen LogP contribution in [0.15, 0.2) is 65.3 Å².